The lowest BCUT2D eigenvalue weighted by atomic mass is 9.69. The first-order valence-electron chi connectivity index (χ1n) is 11.4. The Morgan fingerprint density at radius 1 is 0.923 bits per heavy atom. The molecule has 2 nitrogen and oxygen atoms in total. The molecule has 0 radical (unpaired) electrons. The Kier molecular flexibility index (Phi) is 6.93. The van der Waals surface area contributed by atoms with Crippen LogP contribution in [0.3, 0.4) is 0 Å². The van der Waals surface area contributed by atoms with Gasteiger partial charge in [0, 0.05) is 30.2 Å². The minimum absolute atomic E-state index is 0.315. The molecule has 154 valence electrons. The predicted molar refractivity (Wildman–Crippen MR) is 116 cm³/mol. The van der Waals surface area contributed by atoms with Gasteiger partial charge in [0.25, 0.3) is 0 Å². The van der Waals surface area contributed by atoms with Gasteiger partial charge in [-0.15, -0.1) is 0 Å². The van der Waals surface area contributed by atoms with E-state index in [0.29, 0.717) is 16.5 Å². The van der Waals surface area contributed by atoms with E-state index in [2.05, 4.69) is 72.1 Å². The van der Waals surface area contributed by atoms with Gasteiger partial charge in [0.15, 0.2) is 0 Å². The summed E-state index contributed by atoms with van der Waals surface area (Å²) in [5.41, 5.74) is 1.11. The lowest BCUT2D eigenvalue weighted by Gasteiger charge is -2.54. The highest BCUT2D eigenvalue weighted by molar-refractivity contribution is 4.97. The van der Waals surface area contributed by atoms with Gasteiger partial charge in [0.2, 0.25) is 0 Å². The molecule has 0 aromatic heterocycles. The van der Waals surface area contributed by atoms with Gasteiger partial charge in [-0.1, -0.05) is 34.1 Å². The highest BCUT2D eigenvalue weighted by Crippen LogP contribution is 2.43. The van der Waals surface area contributed by atoms with Crippen molar-refractivity contribution in [1.82, 2.24) is 9.80 Å². The normalized spacial score (nSPS) is 28.0. The molecule has 3 atom stereocenters. The molecule has 26 heavy (non-hydrogen) atoms. The Morgan fingerprint density at radius 2 is 1.58 bits per heavy atom. The van der Waals surface area contributed by atoms with Gasteiger partial charge in [0.1, 0.15) is 0 Å². The number of rotatable bonds is 7. The molecule has 0 spiro atoms. The van der Waals surface area contributed by atoms with Crippen LogP contribution >= 0.6 is 0 Å². The van der Waals surface area contributed by atoms with Crippen LogP contribution in [0.25, 0.3) is 0 Å². The third kappa shape index (κ3) is 5.04. The van der Waals surface area contributed by atoms with Crippen LogP contribution in [-0.4, -0.2) is 46.6 Å². The molecule has 2 aliphatic rings. The summed E-state index contributed by atoms with van der Waals surface area (Å²) in [4.78, 5) is 5.54. The van der Waals surface area contributed by atoms with Crippen molar-refractivity contribution in [3.8, 4) is 0 Å². The molecule has 0 saturated carbocycles. The Labute approximate surface area is 165 Å². The molecular weight excluding hydrogens is 316 g/mol. The molecule has 2 heteroatoms. The number of nitrogens with zero attached hydrogens (tertiary/aromatic N) is 2. The monoisotopic (exact) mass is 364 g/mol. The summed E-state index contributed by atoms with van der Waals surface area (Å²) in [6, 6.07) is 0.823. The zero-order chi connectivity index (χ0) is 19.8. The lowest BCUT2D eigenvalue weighted by Crippen LogP contribution is -2.60. The minimum atomic E-state index is 0.315. The van der Waals surface area contributed by atoms with E-state index in [-0.39, 0.29) is 0 Å². The van der Waals surface area contributed by atoms with E-state index in [1.165, 1.54) is 58.2 Å². The summed E-state index contributed by atoms with van der Waals surface area (Å²) < 4.78 is 0. The summed E-state index contributed by atoms with van der Waals surface area (Å²) >= 11 is 0. The van der Waals surface area contributed by atoms with Crippen molar-refractivity contribution >= 4 is 0 Å². The molecule has 0 N–H and O–H groups in total. The number of likely N-dealkylation sites (tertiary alicyclic amines) is 2. The molecule has 2 fully saturated rings. The van der Waals surface area contributed by atoms with Crippen molar-refractivity contribution in [2.45, 2.75) is 118 Å². The molecule has 0 bridgehead atoms. The first kappa shape index (κ1) is 22.2. The summed E-state index contributed by atoms with van der Waals surface area (Å²) in [6.45, 7) is 25.9. The average molecular weight is 365 g/mol. The predicted octanol–water partition coefficient (Wildman–Crippen LogP) is 6.20. The molecule has 2 aliphatic heterocycles. The van der Waals surface area contributed by atoms with Crippen LogP contribution in [0, 0.1) is 17.3 Å². The van der Waals surface area contributed by atoms with Crippen LogP contribution in [-0.2, 0) is 0 Å². The molecular formula is C24H48N2. The van der Waals surface area contributed by atoms with E-state index in [9.17, 15) is 0 Å². The molecule has 2 rings (SSSR count). The van der Waals surface area contributed by atoms with E-state index in [1.807, 2.05) is 0 Å². The molecule has 0 aromatic rings. The highest BCUT2D eigenvalue weighted by atomic mass is 15.3. The average Bonchev–Trinajstić information content (AvgIpc) is 2.51. The fraction of sp³-hybridized carbons (Fsp3) is 1.00. The second kappa shape index (κ2) is 8.11. The zero-order valence-corrected chi connectivity index (χ0v) is 19.5. The standard InChI is InChI=1S/C24H48N2/c1-10-19(2)21-13-17-26(21)24(8,9)15-14-23(6,7)20-12-11-16-25(18-20)22(3,4)5/h19-21H,10-18H2,1-9H3. The molecule has 3 unspecified atom stereocenters. The second-order valence-corrected chi connectivity index (χ2v) is 11.7. The first-order chi connectivity index (χ1) is 11.9. The van der Waals surface area contributed by atoms with Gasteiger partial charge in [0.05, 0.1) is 0 Å². The van der Waals surface area contributed by atoms with Crippen LogP contribution in [0.15, 0.2) is 0 Å². The van der Waals surface area contributed by atoms with Crippen LogP contribution in [0.5, 0.6) is 0 Å². The van der Waals surface area contributed by atoms with Crippen molar-refractivity contribution in [3.63, 3.8) is 0 Å². The van der Waals surface area contributed by atoms with Crippen molar-refractivity contribution in [3.05, 3.63) is 0 Å². The van der Waals surface area contributed by atoms with Crippen molar-refractivity contribution in [2.24, 2.45) is 17.3 Å². The Balaban J connectivity index is 1.94. The topological polar surface area (TPSA) is 6.48 Å². The fourth-order valence-corrected chi connectivity index (χ4v) is 5.22. The van der Waals surface area contributed by atoms with Crippen molar-refractivity contribution < 1.29 is 0 Å². The van der Waals surface area contributed by atoms with Crippen LogP contribution in [0.4, 0.5) is 0 Å². The van der Waals surface area contributed by atoms with E-state index in [1.54, 1.807) is 0 Å². The first-order valence-corrected chi connectivity index (χ1v) is 11.4. The van der Waals surface area contributed by atoms with E-state index >= 15 is 0 Å². The maximum atomic E-state index is 2.82. The second-order valence-electron chi connectivity index (χ2n) is 11.7. The maximum Gasteiger partial charge on any atom is 0.0156 e. The molecule has 0 aliphatic carbocycles. The van der Waals surface area contributed by atoms with Crippen molar-refractivity contribution in [2.75, 3.05) is 19.6 Å². The molecule has 2 heterocycles. The zero-order valence-electron chi connectivity index (χ0n) is 19.5. The number of piperidine rings is 1. The third-order valence-electron chi connectivity index (χ3n) is 8.00. The van der Waals surface area contributed by atoms with Gasteiger partial charge in [-0.25, -0.2) is 0 Å². The number of hydrogen-bond acceptors (Lipinski definition) is 2. The SMILES string of the molecule is CCC(C)C1CCN1C(C)(C)CCC(C)(C)C1CCCN(C(C)(C)C)C1. The summed E-state index contributed by atoms with van der Waals surface area (Å²) in [7, 11) is 0. The van der Waals surface area contributed by atoms with Gasteiger partial charge < -0.3 is 0 Å². The summed E-state index contributed by atoms with van der Waals surface area (Å²) in [6.07, 6.45) is 8.19. The van der Waals surface area contributed by atoms with Crippen LogP contribution in [0.1, 0.15) is 101 Å². The Hall–Kier alpha value is -0.0800. The summed E-state index contributed by atoms with van der Waals surface area (Å²) in [5.74, 6) is 1.68. The van der Waals surface area contributed by atoms with E-state index in [4.69, 9.17) is 0 Å². The molecule has 0 aromatic carbocycles. The van der Waals surface area contributed by atoms with E-state index < -0.39 is 0 Å². The number of hydrogen-bond donors (Lipinski definition) is 0. The van der Waals surface area contributed by atoms with Gasteiger partial charge in [-0.2, -0.15) is 0 Å². The van der Waals surface area contributed by atoms with Gasteiger partial charge in [-0.05, 0) is 90.5 Å². The Bertz CT molecular complexity index is 446. The minimum Gasteiger partial charge on any atom is -0.298 e. The van der Waals surface area contributed by atoms with Gasteiger partial charge in [-0.3, -0.25) is 9.80 Å². The molecule has 2 saturated heterocycles. The van der Waals surface area contributed by atoms with Crippen LogP contribution < -0.4 is 0 Å². The van der Waals surface area contributed by atoms with E-state index in [0.717, 1.165) is 17.9 Å². The largest absolute Gasteiger partial charge is 0.298 e. The van der Waals surface area contributed by atoms with Gasteiger partial charge >= 0.3 is 0 Å². The summed E-state index contributed by atoms with van der Waals surface area (Å²) in [5, 5.41) is 0. The Morgan fingerprint density at radius 3 is 2.08 bits per heavy atom. The quantitative estimate of drug-likeness (QED) is 0.530. The smallest absolute Gasteiger partial charge is 0.0156 e. The van der Waals surface area contributed by atoms with Crippen LogP contribution in [0.2, 0.25) is 0 Å². The third-order valence-corrected chi connectivity index (χ3v) is 8.00. The van der Waals surface area contributed by atoms with Crippen molar-refractivity contribution in [1.29, 1.82) is 0 Å². The highest BCUT2D eigenvalue weighted by Gasteiger charge is 2.42. The molecule has 0 amide bonds. The maximum absolute atomic E-state index is 2.82. The lowest BCUT2D eigenvalue weighted by molar-refractivity contribution is -0.0485. The fourth-order valence-electron chi connectivity index (χ4n) is 5.22.